The molecule has 0 N–H and O–H groups in total. The molecular formula is C35H21N5. The van der Waals surface area contributed by atoms with Gasteiger partial charge in [-0.05, 0) is 42.5 Å². The third kappa shape index (κ3) is 2.78. The first-order valence-corrected chi connectivity index (χ1v) is 13.4. The molecule has 9 aromatic rings. The standard InChI is InChI=1S/C35H21N5/c1-2-11-23(12-3-1)39-28-16-8-5-13-24(28)31-26-20-36-21-37-33(26)32-25-14-6-9-17-29(25)40(35(32)34(31)39)30-19-18-22-10-4-7-15-27(22)38-30/h1-21H. The molecular weight excluding hydrogens is 490 g/mol. The number of fused-ring (bicyclic) bond motifs is 11. The number of hydrogen-bond acceptors (Lipinski definition) is 3. The smallest absolute Gasteiger partial charge is 0.138 e. The van der Waals surface area contributed by atoms with Gasteiger partial charge in [-0.25, -0.2) is 15.0 Å². The van der Waals surface area contributed by atoms with Crippen LogP contribution in [0.5, 0.6) is 0 Å². The maximum absolute atomic E-state index is 5.18. The van der Waals surface area contributed by atoms with E-state index in [9.17, 15) is 0 Å². The van der Waals surface area contributed by atoms with Gasteiger partial charge in [0.2, 0.25) is 0 Å². The number of rotatable bonds is 2. The van der Waals surface area contributed by atoms with Gasteiger partial charge in [0, 0.05) is 44.2 Å². The van der Waals surface area contributed by atoms with Crippen LogP contribution in [0.1, 0.15) is 0 Å². The average molecular weight is 512 g/mol. The maximum Gasteiger partial charge on any atom is 0.138 e. The van der Waals surface area contributed by atoms with Crippen LogP contribution < -0.4 is 0 Å². The van der Waals surface area contributed by atoms with Gasteiger partial charge in [0.25, 0.3) is 0 Å². The first-order valence-electron chi connectivity index (χ1n) is 13.4. The first kappa shape index (κ1) is 21.4. The minimum absolute atomic E-state index is 0.879. The van der Waals surface area contributed by atoms with Crippen LogP contribution in [0.3, 0.4) is 0 Å². The Morgan fingerprint density at radius 2 is 1.20 bits per heavy atom. The van der Waals surface area contributed by atoms with Gasteiger partial charge in [-0.3, -0.25) is 4.57 Å². The molecule has 5 nitrogen and oxygen atoms in total. The molecule has 0 unspecified atom stereocenters. The molecule has 0 fully saturated rings. The van der Waals surface area contributed by atoms with Crippen molar-refractivity contribution in [1.29, 1.82) is 0 Å². The van der Waals surface area contributed by atoms with Gasteiger partial charge in [-0.15, -0.1) is 0 Å². The van der Waals surface area contributed by atoms with Gasteiger partial charge in [0.05, 0.1) is 33.1 Å². The number of nitrogens with zero attached hydrogens (tertiary/aromatic N) is 5. The van der Waals surface area contributed by atoms with Crippen LogP contribution in [0.4, 0.5) is 0 Å². The average Bonchev–Trinajstić information content (AvgIpc) is 3.55. The van der Waals surface area contributed by atoms with E-state index in [1.54, 1.807) is 6.33 Å². The van der Waals surface area contributed by atoms with Crippen molar-refractivity contribution in [1.82, 2.24) is 24.1 Å². The van der Waals surface area contributed by atoms with Gasteiger partial charge in [-0.1, -0.05) is 72.8 Å². The van der Waals surface area contributed by atoms with Crippen LogP contribution in [0, 0.1) is 0 Å². The zero-order valence-electron chi connectivity index (χ0n) is 21.4. The predicted molar refractivity (Wildman–Crippen MR) is 164 cm³/mol. The molecule has 0 amide bonds. The van der Waals surface area contributed by atoms with E-state index < -0.39 is 0 Å². The molecule has 4 aromatic heterocycles. The summed E-state index contributed by atoms with van der Waals surface area (Å²) < 4.78 is 4.70. The zero-order valence-corrected chi connectivity index (χ0v) is 21.4. The first-order chi connectivity index (χ1) is 19.9. The van der Waals surface area contributed by atoms with E-state index in [0.29, 0.717) is 0 Å². The number of aromatic nitrogens is 5. The van der Waals surface area contributed by atoms with Crippen molar-refractivity contribution in [2.75, 3.05) is 0 Å². The van der Waals surface area contributed by atoms with Gasteiger partial charge in [0.1, 0.15) is 12.1 Å². The number of benzene rings is 5. The lowest BCUT2D eigenvalue weighted by atomic mass is 10.0. The molecule has 0 radical (unpaired) electrons. The Bertz CT molecular complexity index is 2430. The highest BCUT2D eigenvalue weighted by Gasteiger charge is 2.25. The predicted octanol–water partition coefficient (Wildman–Crippen LogP) is 8.37. The van der Waals surface area contributed by atoms with E-state index in [2.05, 4.69) is 123 Å². The molecule has 186 valence electrons. The van der Waals surface area contributed by atoms with Crippen molar-refractivity contribution < 1.29 is 0 Å². The second kappa shape index (κ2) is 7.98. The Hall–Kier alpha value is -5.55. The second-order valence-corrected chi connectivity index (χ2v) is 10.1. The molecule has 5 aromatic carbocycles. The molecule has 0 aliphatic heterocycles. The van der Waals surface area contributed by atoms with Crippen LogP contribution in [0.15, 0.2) is 128 Å². The van der Waals surface area contributed by atoms with Crippen LogP contribution in [0.2, 0.25) is 0 Å². The van der Waals surface area contributed by atoms with Gasteiger partial charge < -0.3 is 4.57 Å². The Balaban J connectivity index is 1.63. The highest BCUT2D eigenvalue weighted by Crippen LogP contribution is 2.45. The van der Waals surface area contributed by atoms with Crippen molar-refractivity contribution >= 4 is 65.4 Å². The fraction of sp³-hybridized carbons (Fsp3) is 0. The van der Waals surface area contributed by atoms with Crippen LogP contribution in [-0.2, 0) is 0 Å². The Morgan fingerprint density at radius 1 is 0.525 bits per heavy atom. The summed E-state index contributed by atoms with van der Waals surface area (Å²) >= 11 is 0. The molecule has 0 saturated carbocycles. The number of para-hydroxylation sites is 4. The maximum atomic E-state index is 5.18. The van der Waals surface area contributed by atoms with E-state index in [1.165, 1.54) is 5.39 Å². The van der Waals surface area contributed by atoms with Crippen LogP contribution in [-0.4, -0.2) is 24.1 Å². The summed E-state index contributed by atoms with van der Waals surface area (Å²) in [6.07, 6.45) is 3.62. The summed E-state index contributed by atoms with van der Waals surface area (Å²) in [5, 5.41) is 6.73. The molecule has 4 heterocycles. The molecule has 5 heteroatoms. The second-order valence-electron chi connectivity index (χ2n) is 10.1. The Labute approximate surface area is 228 Å². The monoisotopic (exact) mass is 511 g/mol. The van der Waals surface area contributed by atoms with Crippen LogP contribution in [0.25, 0.3) is 76.9 Å². The minimum atomic E-state index is 0.879. The molecule has 0 atom stereocenters. The molecule has 0 spiro atoms. The van der Waals surface area contributed by atoms with Crippen molar-refractivity contribution in [3.63, 3.8) is 0 Å². The summed E-state index contributed by atoms with van der Waals surface area (Å²) in [5.41, 5.74) is 7.47. The summed E-state index contributed by atoms with van der Waals surface area (Å²) in [6.45, 7) is 0. The van der Waals surface area contributed by atoms with Crippen molar-refractivity contribution in [2.24, 2.45) is 0 Å². The lowest BCUT2D eigenvalue weighted by molar-refractivity contribution is 1.09. The van der Waals surface area contributed by atoms with Gasteiger partial charge in [-0.2, -0.15) is 0 Å². The summed E-state index contributed by atoms with van der Waals surface area (Å²) in [5.74, 6) is 0.879. The van der Waals surface area contributed by atoms with Crippen molar-refractivity contribution in [3.05, 3.63) is 128 Å². The number of pyridine rings is 1. The Morgan fingerprint density at radius 3 is 2.05 bits per heavy atom. The fourth-order valence-corrected chi connectivity index (χ4v) is 6.42. The fourth-order valence-electron chi connectivity index (χ4n) is 6.42. The quantitative estimate of drug-likeness (QED) is 0.234. The molecule has 0 aliphatic rings. The van der Waals surface area contributed by atoms with Gasteiger partial charge >= 0.3 is 0 Å². The van der Waals surface area contributed by atoms with E-state index in [0.717, 1.165) is 71.5 Å². The molecule has 0 bridgehead atoms. The lowest BCUT2D eigenvalue weighted by Crippen LogP contribution is -2.01. The molecule has 0 saturated heterocycles. The molecule has 40 heavy (non-hydrogen) atoms. The van der Waals surface area contributed by atoms with E-state index in [4.69, 9.17) is 9.97 Å². The summed E-state index contributed by atoms with van der Waals surface area (Å²) in [6, 6.07) is 40.3. The third-order valence-corrected chi connectivity index (χ3v) is 8.02. The normalized spacial score (nSPS) is 12.0. The van der Waals surface area contributed by atoms with E-state index in [1.807, 2.05) is 12.3 Å². The van der Waals surface area contributed by atoms with E-state index in [-0.39, 0.29) is 0 Å². The largest absolute Gasteiger partial charge is 0.307 e. The molecule has 9 rings (SSSR count). The lowest BCUT2D eigenvalue weighted by Gasteiger charge is -2.13. The minimum Gasteiger partial charge on any atom is -0.307 e. The topological polar surface area (TPSA) is 48.5 Å². The summed E-state index contributed by atoms with van der Waals surface area (Å²) in [4.78, 5) is 14.6. The van der Waals surface area contributed by atoms with E-state index >= 15 is 0 Å². The highest BCUT2D eigenvalue weighted by atomic mass is 15.1. The Kier molecular flexibility index (Phi) is 4.27. The molecule has 0 aliphatic carbocycles. The highest BCUT2D eigenvalue weighted by molar-refractivity contribution is 6.35. The number of hydrogen-bond donors (Lipinski definition) is 0. The summed E-state index contributed by atoms with van der Waals surface area (Å²) in [7, 11) is 0. The van der Waals surface area contributed by atoms with Crippen molar-refractivity contribution in [2.45, 2.75) is 0 Å². The van der Waals surface area contributed by atoms with Crippen LogP contribution >= 0.6 is 0 Å². The van der Waals surface area contributed by atoms with Crippen molar-refractivity contribution in [3.8, 4) is 11.5 Å². The van der Waals surface area contributed by atoms with Gasteiger partial charge in [0.15, 0.2) is 0 Å². The third-order valence-electron chi connectivity index (χ3n) is 8.02. The SMILES string of the molecule is c1ccc(-n2c3ccccc3c3c4cncnc4c4c5ccccc5n(-c5ccc6ccccc6n5)c4c32)cc1. The zero-order chi connectivity index (χ0) is 26.2.